The Morgan fingerprint density at radius 3 is 2.29 bits per heavy atom. The maximum Gasteiger partial charge on any atom is 0.0835 e. The number of hydrogen-bond donors (Lipinski definition) is 1. The Labute approximate surface area is 134 Å². The zero-order chi connectivity index (χ0) is 16.2. The Bertz CT molecular complexity index is 435. The monoisotopic (exact) mass is 314 g/mol. The van der Waals surface area contributed by atoms with Gasteiger partial charge in [0.25, 0.3) is 0 Å². The van der Waals surface area contributed by atoms with Crippen molar-refractivity contribution in [3.8, 4) is 0 Å². The molecule has 1 aromatic rings. The summed E-state index contributed by atoms with van der Waals surface area (Å²) in [5, 5.41) is 8.84. The van der Waals surface area contributed by atoms with Crippen LogP contribution in [-0.4, -0.2) is 39.9 Å². The second-order valence-electron chi connectivity index (χ2n) is 6.23. The average molecular weight is 315 g/mol. The van der Waals surface area contributed by atoms with Crippen molar-refractivity contribution in [2.24, 2.45) is 0 Å². The van der Waals surface area contributed by atoms with Crippen molar-refractivity contribution in [3.05, 3.63) is 16.9 Å². The molecule has 0 saturated heterocycles. The minimum atomic E-state index is -0.0458. The van der Waals surface area contributed by atoms with Gasteiger partial charge in [0.1, 0.15) is 0 Å². The van der Waals surface area contributed by atoms with Crippen molar-refractivity contribution in [1.82, 2.24) is 20.0 Å². The Kier molecular flexibility index (Phi) is 6.70. The molecule has 5 heteroatoms. The molecule has 0 aromatic carbocycles. The predicted octanol–water partition coefficient (Wildman–Crippen LogP) is 3.89. The largest absolute Gasteiger partial charge is 0.307 e. The molecule has 1 unspecified atom stereocenters. The van der Waals surface area contributed by atoms with Crippen molar-refractivity contribution in [3.63, 3.8) is 0 Å². The number of hydrogen-bond acceptors (Lipinski definition) is 3. The lowest BCUT2D eigenvalue weighted by molar-refractivity contribution is 0.0876. The number of halogens is 1. The lowest BCUT2D eigenvalue weighted by atomic mass is 9.89. The molecule has 0 saturated carbocycles. The molecule has 1 aromatic heterocycles. The third-order valence-electron chi connectivity index (χ3n) is 4.24. The van der Waals surface area contributed by atoms with Crippen LogP contribution in [0.25, 0.3) is 0 Å². The number of rotatable bonds is 8. The summed E-state index contributed by atoms with van der Waals surface area (Å²) in [6.07, 6.45) is 1.76. The molecule has 0 fully saturated rings. The van der Waals surface area contributed by atoms with Gasteiger partial charge in [-0.3, -0.25) is 9.58 Å². The van der Waals surface area contributed by atoms with E-state index in [0.29, 0.717) is 6.04 Å². The fourth-order valence-corrected chi connectivity index (χ4v) is 3.38. The van der Waals surface area contributed by atoms with E-state index in [0.717, 1.165) is 30.4 Å². The molecule has 0 aliphatic carbocycles. The van der Waals surface area contributed by atoms with E-state index in [-0.39, 0.29) is 11.6 Å². The van der Waals surface area contributed by atoms with Gasteiger partial charge < -0.3 is 5.32 Å². The number of nitrogens with zero attached hydrogens (tertiary/aromatic N) is 3. The zero-order valence-corrected chi connectivity index (χ0v) is 15.3. The maximum absolute atomic E-state index is 6.47. The predicted molar refractivity (Wildman–Crippen MR) is 91.0 cm³/mol. The first-order valence-electron chi connectivity index (χ1n) is 8.02. The fourth-order valence-electron chi connectivity index (χ4n) is 3.14. The van der Waals surface area contributed by atoms with Crippen LogP contribution in [0.3, 0.4) is 0 Å². The molecular weight excluding hydrogens is 284 g/mol. The molecule has 1 N–H and O–H groups in total. The van der Waals surface area contributed by atoms with Crippen molar-refractivity contribution in [1.29, 1.82) is 0 Å². The molecule has 0 aliphatic rings. The second-order valence-corrected chi connectivity index (χ2v) is 6.64. The maximum atomic E-state index is 6.47. The number of likely N-dealkylation sites (N-methyl/N-ethyl adjacent to an activating group) is 2. The van der Waals surface area contributed by atoms with Gasteiger partial charge in [-0.25, -0.2) is 0 Å². The van der Waals surface area contributed by atoms with Crippen molar-refractivity contribution < 1.29 is 0 Å². The summed E-state index contributed by atoms with van der Waals surface area (Å²) in [7, 11) is 0. The first-order chi connectivity index (χ1) is 9.81. The first-order valence-corrected chi connectivity index (χ1v) is 8.40. The number of nitrogens with one attached hydrogen (secondary N) is 1. The van der Waals surface area contributed by atoms with Gasteiger partial charge in [-0.15, -0.1) is 0 Å². The SMILES string of the molecule is CCNC(c1c(Cl)cnn1C(C)C)C(C)(C)N(CC)CC. The Balaban J connectivity index is 3.33. The molecule has 0 amide bonds. The van der Waals surface area contributed by atoms with Crippen LogP contribution in [0.15, 0.2) is 6.20 Å². The molecule has 0 aliphatic heterocycles. The average Bonchev–Trinajstić information content (AvgIpc) is 2.78. The van der Waals surface area contributed by atoms with Crippen molar-refractivity contribution >= 4 is 11.6 Å². The van der Waals surface area contributed by atoms with Gasteiger partial charge in [0.05, 0.1) is 23.0 Å². The van der Waals surface area contributed by atoms with Crippen LogP contribution in [0.4, 0.5) is 0 Å². The topological polar surface area (TPSA) is 33.1 Å². The highest BCUT2D eigenvalue weighted by Crippen LogP contribution is 2.35. The van der Waals surface area contributed by atoms with E-state index in [2.05, 4.69) is 63.8 Å². The first kappa shape index (κ1) is 18.5. The van der Waals surface area contributed by atoms with Gasteiger partial charge in [0, 0.05) is 11.6 Å². The highest BCUT2D eigenvalue weighted by Gasteiger charge is 2.38. The van der Waals surface area contributed by atoms with E-state index in [1.165, 1.54) is 0 Å². The van der Waals surface area contributed by atoms with Gasteiger partial charge in [-0.05, 0) is 47.3 Å². The highest BCUT2D eigenvalue weighted by atomic mass is 35.5. The molecule has 21 heavy (non-hydrogen) atoms. The van der Waals surface area contributed by atoms with Crippen LogP contribution in [0.5, 0.6) is 0 Å². The molecule has 0 spiro atoms. The quantitative estimate of drug-likeness (QED) is 0.790. The lowest BCUT2D eigenvalue weighted by Crippen LogP contribution is -2.53. The molecule has 1 atom stereocenters. The van der Waals surface area contributed by atoms with Crippen LogP contribution in [-0.2, 0) is 0 Å². The Morgan fingerprint density at radius 1 is 1.29 bits per heavy atom. The van der Waals surface area contributed by atoms with E-state index < -0.39 is 0 Å². The Hall–Kier alpha value is -0.580. The minimum Gasteiger partial charge on any atom is -0.307 e. The van der Waals surface area contributed by atoms with Gasteiger partial charge in [-0.2, -0.15) is 5.10 Å². The molecular formula is C16H31ClN4. The smallest absolute Gasteiger partial charge is 0.0835 e. The standard InChI is InChI=1S/C16H31ClN4/c1-8-18-15(16(6,7)20(9-2)10-3)14-13(17)11-19-21(14)12(4)5/h11-12,15,18H,8-10H2,1-7H3. The van der Waals surface area contributed by atoms with E-state index >= 15 is 0 Å². The van der Waals surface area contributed by atoms with Crippen molar-refractivity contribution in [2.75, 3.05) is 19.6 Å². The molecule has 122 valence electrons. The van der Waals surface area contributed by atoms with Gasteiger partial charge in [0.2, 0.25) is 0 Å². The van der Waals surface area contributed by atoms with Crippen LogP contribution in [0.2, 0.25) is 5.02 Å². The van der Waals surface area contributed by atoms with Gasteiger partial charge in [-0.1, -0.05) is 32.4 Å². The minimum absolute atomic E-state index is 0.0458. The van der Waals surface area contributed by atoms with Crippen LogP contribution >= 0.6 is 11.6 Å². The molecule has 0 radical (unpaired) electrons. The van der Waals surface area contributed by atoms with Gasteiger partial charge >= 0.3 is 0 Å². The summed E-state index contributed by atoms with van der Waals surface area (Å²) in [6, 6.07) is 0.431. The third-order valence-corrected chi connectivity index (χ3v) is 4.53. The Morgan fingerprint density at radius 2 is 1.86 bits per heavy atom. The van der Waals surface area contributed by atoms with Crippen LogP contribution in [0, 0.1) is 0 Å². The molecule has 4 nitrogen and oxygen atoms in total. The lowest BCUT2D eigenvalue weighted by Gasteiger charge is -2.44. The van der Waals surface area contributed by atoms with E-state index in [1.54, 1.807) is 6.20 Å². The fraction of sp³-hybridized carbons (Fsp3) is 0.812. The normalized spacial score (nSPS) is 14.2. The van der Waals surface area contributed by atoms with E-state index in [1.807, 2.05) is 4.68 Å². The highest BCUT2D eigenvalue weighted by molar-refractivity contribution is 6.31. The van der Waals surface area contributed by atoms with Gasteiger partial charge in [0.15, 0.2) is 0 Å². The summed E-state index contributed by atoms with van der Waals surface area (Å²) < 4.78 is 2.04. The summed E-state index contributed by atoms with van der Waals surface area (Å²) in [6.45, 7) is 18.3. The van der Waals surface area contributed by atoms with E-state index in [9.17, 15) is 0 Å². The zero-order valence-electron chi connectivity index (χ0n) is 14.6. The molecule has 1 heterocycles. The summed E-state index contributed by atoms with van der Waals surface area (Å²) in [5.74, 6) is 0. The van der Waals surface area contributed by atoms with Crippen molar-refractivity contribution in [2.45, 2.75) is 66.1 Å². The summed E-state index contributed by atoms with van der Waals surface area (Å²) in [4.78, 5) is 2.47. The van der Waals surface area contributed by atoms with Crippen LogP contribution in [0.1, 0.15) is 66.2 Å². The van der Waals surface area contributed by atoms with Crippen LogP contribution < -0.4 is 5.32 Å². The second kappa shape index (κ2) is 7.61. The molecule has 0 bridgehead atoms. The van der Waals surface area contributed by atoms with E-state index in [4.69, 9.17) is 11.6 Å². The summed E-state index contributed by atoms with van der Waals surface area (Å²) in [5.41, 5.74) is 1.04. The summed E-state index contributed by atoms with van der Waals surface area (Å²) >= 11 is 6.47. The molecule has 1 rings (SSSR count). The number of aromatic nitrogens is 2. The third kappa shape index (κ3) is 3.79.